The second-order valence-electron chi connectivity index (χ2n) is 11.6. The van der Waals surface area contributed by atoms with Crippen molar-refractivity contribution in [2.24, 2.45) is 11.7 Å². The van der Waals surface area contributed by atoms with Crippen LogP contribution in [0.15, 0.2) is 48.5 Å². The summed E-state index contributed by atoms with van der Waals surface area (Å²) in [5, 5.41) is 26.2. The standard InChI is InChI=1S/C31H39N5O7/c1-5-19(2)27(32)28(38)34-23(29(39)40)10-8-16-33-26(37)18-35-24-11-7-6-9-22(24)30(3,4)31(35)15-14-20-17-21(36(41)42)12-13-25(20)43-31/h6-7,9,11-15,17,19,23,27H,5,8,10,16,18,32H2,1-4H3,(H,33,37)(H,34,38)(H,39,40)/t19-,23-,27-,31?/m0/s1. The van der Waals surface area contributed by atoms with Gasteiger partial charge >= 0.3 is 5.97 Å². The normalized spacial score (nSPS) is 19.9. The molecule has 1 spiro atoms. The van der Waals surface area contributed by atoms with Crippen molar-refractivity contribution in [3.8, 4) is 5.75 Å². The molecular weight excluding hydrogens is 554 g/mol. The van der Waals surface area contributed by atoms with Crippen LogP contribution in [0.4, 0.5) is 11.4 Å². The van der Waals surface area contributed by atoms with Gasteiger partial charge in [0.2, 0.25) is 17.5 Å². The Balaban J connectivity index is 1.45. The number of nitro groups is 1. The van der Waals surface area contributed by atoms with E-state index in [0.29, 0.717) is 24.2 Å². The highest BCUT2D eigenvalue weighted by Gasteiger charge is 2.59. The molecule has 1 unspecified atom stereocenters. The van der Waals surface area contributed by atoms with Crippen LogP contribution >= 0.6 is 0 Å². The van der Waals surface area contributed by atoms with Crippen molar-refractivity contribution < 1.29 is 29.2 Å². The molecule has 4 atom stereocenters. The zero-order chi connectivity index (χ0) is 31.5. The van der Waals surface area contributed by atoms with Gasteiger partial charge in [-0.05, 0) is 62.5 Å². The first-order valence-electron chi connectivity index (χ1n) is 14.4. The largest absolute Gasteiger partial charge is 0.480 e. The summed E-state index contributed by atoms with van der Waals surface area (Å²) in [6.45, 7) is 7.93. The van der Waals surface area contributed by atoms with Crippen molar-refractivity contribution in [1.82, 2.24) is 10.6 Å². The number of rotatable bonds is 12. The van der Waals surface area contributed by atoms with Gasteiger partial charge in [-0.1, -0.05) is 38.5 Å². The van der Waals surface area contributed by atoms with Crippen LogP contribution in [-0.4, -0.2) is 58.7 Å². The molecule has 12 heteroatoms. The zero-order valence-electron chi connectivity index (χ0n) is 24.8. The van der Waals surface area contributed by atoms with Crippen LogP contribution in [0, 0.1) is 16.0 Å². The maximum absolute atomic E-state index is 13.3. The Morgan fingerprint density at radius 3 is 2.58 bits per heavy atom. The molecule has 2 heterocycles. The third-order valence-electron chi connectivity index (χ3n) is 8.59. The number of nitrogens with two attached hydrogens (primary N) is 1. The van der Waals surface area contributed by atoms with Crippen LogP contribution in [0.2, 0.25) is 0 Å². The van der Waals surface area contributed by atoms with E-state index in [2.05, 4.69) is 10.6 Å². The number of para-hydroxylation sites is 1. The molecule has 0 bridgehead atoms. The lowest BCUT2D eigenvalue weighted by atomic mass is 9.76. The molecule has 230 valence electrons. The average molecular weight is 594 g/mol. The van der Waals surface area contributed by atoms with Crippen molar-refractivity contribution >= 4 is 35.2 Å². The summed E-state index contributed by atoms with van der Waals surface area (Å²) in [5.41, 5.74) is 6.57. The smallest absolute Gasteiger partial charge is 0.326 e. The minimum Gasteiger partial charge on any atom is -0.480 e. The fourth-order valence-electron chi connectivity index (χ4n) is 5.68. The SMILES string of the molecule is CC[C@H](C)[C@H](N)C(=O)N[C@@H](CCCNC(=O)CN1c2ccccc2C(C)(C)C12C=Cc1cc([N+](=O)[O-])ccc1O2)C(=O)O. The third kappa shape index (κ3) is 6.05. The number of carbonyl (C=O) groups is 3. The summed E-state index contributed by atoms with van der Waals surface area (Å²) in [6.07, 6.45) is 4.76. The number of carboxylic acids is 1. The number of nitro benzene ring substituents is 1. The average Bonchev–Trinajstić information content (AvgIpc) is 3.15. The van der Waals surface area contributed by atoms with Gasteiger partial charge in [0.05, 0.1) is 16.4 Å². The number of carboxylic acid groups (broad SMARTS) is 1. The van der Waals surface area contributed by atoms with E-state index in [1.165, 1.54) is 12.1 Å². The molecular formula is C31H39N5O7. The van der Waals surface area contributed by atoms with Gasteiger partial charge in [-0.3, -0.25) is 19.7 Å². The Morgan fingerprint density at radius 2 is 1.91 bits per heavy atom. The van der Waals surface area contributed by atoms with E-state index in [1.807, 2.05) is 62.9 Å². The van der Waals surface area contributed by atoms with Crippen LogP contribution < -0.4 is 26.0 Å². The first-order chi connectivity index (χ1) is 20.3. The molecule has 2 aromatic carbocycles. The van der Waals surface area contributed by atoms with E-state index in [1.54, 1.807) is 12.1 Å². The number of anilines is 1. The van der Waals surface area contributed by atoms with Crippen molar-refractivity contribution in [2.45, 2.75) is 70.2 Å². The number of nitrogens with one attached hydrogen (secondary N) is 2. The Morgan fingerprint density at radius 1 is 1.19 bits per heavy atom. The number of ether oxygens (including phenoxy) is 1. The van der Waals surface area contributed by atoms with Gasteiger partial charge < -0.3 is 31.1 Å². The third-order valence-corrected chi connectivity index (χ3v) is 8.59. The van der Waals surface area contributed by atoms with Gasteiger partial charge in [0.1, 0.15) is 18.3 Å². The summed E-state index contributed by atoms with van der Waals surface area (Å²) < 4.78 is 6.61. The zero-order valence-corrected chi connectivity index (χ0v) is 24.8. The monoisotopic (exact) mass is 593 g/mol. The van der Waals surface area contributed by atoms with Crippen LogP contribution in [-0.2, 0) is 19.8 Å². The molecule has 5 N–H and O–H groups in total. The molecule has 0 saturated carbocycles. The molecule has 4 rings (SSSR count). The van der Waals surface area contributed by atoms with Crippen LogP contribution in [0.5, 0.6) is 5.75 Å². The number of hydrogen-bond donors (Lipinski definition) is 4. The van der Waals surface area contributed by atoms with E-state index in [0.717, 1.165) is 11.3 Å². The number of amides is 2. The predicted octanol–water partition coefficient (Wildman–Crippen LogP) is 3.33. The molecule has 2 aliphatic heterocycles. The molecule has 0 fully saturated rings. The lowest BCUT2D eigenvalue weighted by Gasteiger charge is -2.46. The number of non-ortho nitro benzene ring substituents is 1. The summed E-state index contributed by atoms with van der Waals surface area (Å²) in [5.74, 6) is -1.60. The molecule has 43 heavy (non-hydrogen) atoms. The van der Waals surface area contributed by atoms with E-state index in [-0.39, 0.29) is 37.0 Å². The summed E-state index contributed by atoms with van der Waals surface area (Å²) in [6, 6.07) is 10.2. The van der Waals surface area contributed by atoms with Gasteiger partial charge in [0, 0.05) is 29.9 Å². The Kier molecular flexibility index (Phi) is 9.09. The van der Waals surface area contributed by atoms with Gasteiger partial charge in [-0.15, -0.1) is 0 Å². The van der Waals surface area contributed by atoms with Crippen molar-refractivity contribution in [3.63, 3.8) is 0 Å². The summed E-state index contributed by atoms with van der Waals surface area (Å²) in [7, 11) is 0. The molecule has 0 aromatic heterocycles. The van der Waals surface area contributed by atoms with Crippen LogP contribution in [0.1, 0.15) is 58.1 Å². The fraction of sp³-hybridized carbons (Fsp3) is 0.452. The van der Waals surface area contributed by atoms with E-state index in [9.17, 15) is 29.6 Å². The Hall–Kier alpha value is -4.45. The highest BCUT2D eigenvalue weighted by Crippen LogP contribution is 2.54. The van der Waals surface area contributed by atoms with Gasteiger partial charge in [-0.2, -0.15) is 0 Å². The Labute approximate surface area is 250 Å². The van der Waals surface area contributed by atoms with Crippen LogP contribution in [0.25, 0.3) is 6.08 Å². The quantitative estimate of drug-likeness (QED) is 0.163. The van der Waals surface area contributed by atoms with Crippen LogP contribution in [0.3, 0.4) is 0 Å². The number of aliphatic carboxylic acids is 1. The summed E-state index contributed by atoms with van der Waals surface area (Å²) >= 11 is 0. The molecule has 2 aromatic rings. The second kappa shape index (κ2) is 12.4. The second-order valence-corrected chi connectivity index (χ2v) is 11.6. The van der Waals surface area contributed by atoms with Gasteiger partial charge in [-0.25, -0.2) is 4.79 Å². The highest BCUT2D eigenvalue weighted by atomic mass is 16.6. The molecule has 0 saturated heterocycles. The maximum atomic E-state index is 13.3. The lowest BCUT2D eigenvalue weighted by molar-refractivity contribution is -0.384. The number of carbonyl (C=O) groups excluding carboxylic acids is 2. The van der Waals surface area contributed by atoms with Crippen molar-refractivity contribution in [2.75, 3.05) is 18.0 Å². The molecule has 0 radical (unpaired) electrons. The van der Waals surface area contributed by atoms with E-state index < -0.39 is 40.0 Å². The number of nitrogens with zero attached hydrogens (tertiary/aromatic N) is 2. The number of fused-ring (bicyclic) bond motifs is 2. The van der Waals surface area contributed by atoms with Gasteiger partial charge in [0.15, 0.2) is 0 Å². The first-order valence-corrected chi connectivity index (χ1v) is 14.4. The molecule has 2 amide bonds. The van der Waals surface area contributed by atoms with E-state index in [4.69, 9.17) is 10.5 Å². The van der Waals surface area contributed by atoms with Crippen molar-refractivity contribution in [3.05, 3.63) is 69.8 Å². The highest BCUT2D eigenvalue weighted by molar-refractivity contribution is 5.87. The minimum absolute atomic E-state index is 0.0452. The lowest BCUT2D eigenvalue weighted by Crippen LogP contribution is -2.61. The summed E-state index contributed by atoms with van der Waals surface area (Å²) in [4.78, 5) is 50.1. The predicted molar refractivity (Wildman–Crippen MR) is 162 cm³/mol. The molecule has 2 aliphatic rings. The number of benzene rings is 2. The topological polar surface area (TPSA) is 177 Å². The van der Waals surface area contributed by atoms with Gasteiger partial charge in [0.25, 0.3) is 5.69 Å². The minimum atomic E-state index is -1.17. The maximum Gasteiger partial charge on any atom is 0.326 e. The van der Waals surface area contributed by atoms with E-state index >= 15 is 0 Å². The number of hydrogen-bond acceptors (Lipinski definition) is 8. The fourth-order valence-corrected chi connectivity index (χ4v) is 5.68. The van der Waals surface area contributed by atoms with Crippen molar-refractivity contribution in [1.29, 1.82) is 0 Å². The Bertz CT molecular complexity index is 1440. The molecule has 0 aliphatic carbocycles. The molecule has 12 nitrogen and oxygen atoms in total. The first kappa shape index (κ1) is 31.5.